The topological polar surface area (TPSA) is 30.5 Å². The normalized spacial score (nSPS) is 11.1. The van der Waals surface area contributed by atoms with Crippen LogP contribution in [0.25, 0.3) is 0 Å². The van der Waals surface area contributed by atoms with Crippen molar-refractivity contribution in [3.8, 4) is 5.75 Å². The van der Waals surface area contributed by atoms with Crippen LogP contribution in [-0.2, 0) is 11.3 Å². The van der Waals surface area contributed by atoms with E-state index in [2.05, 4.69) is 19.2 Å². The van der Waals surface area contributed by atoms with E-state index in [1.807, 2.05) is 25.1 Å². The van der Waals surface area contributed by atoms with Gasteiger partial charge < -0.3 is 14.8 Å². The highest BCUT2D eigenvalue weighted by molar-refractivity contribution is 6.30. The van der Waals surface area contributed by atoms with E-state index in [-0.39, 0.29) is 0 Å². The van der Waals surface area contributed by atoms with Crippen LogP contribution in [0.1, 0.15) is 32.8 Å². The van der Waals surface area contributed by atoms with Gasteiger partial charge in [-0.1, -0.05) is 25.4 Å². The molecular formula is C16H26ClNO2. The second kappa shape index (κ2) is 10.0. The molecule has 1 aromatic carbocycles. The smallest absolute Gasteiger partial charge is 0.123 e. The number of ether oxygens (including phenoxy) is 2. The molecule has 0 saturated carbocycles. The van der Waals surface area contributed by atoms with E-state index in [1.165, 1.54) is 0 Å². The second-order valence-corrected chi connectivity index (χ2v) is 5.61. The number of hydrogen-bond donors (Lipinski definition) is 1. The Kier molecular flexibility index (Phi) is 8.67. The molecule has 0 aliphatic carbocycles. The summed E-state index contributed by atoms with van der Waals surface area (Å²) < 4.78 is 11.1. The molecule has 0 saturated heterocycles. The Hall–Kier alpha value is -0.770. The lowest BCUT2D eigenvalue weighted by molar-refractivity contribution is 0.130. The molecule has 0 unspecified atom stereocenters. The molecule has 1 rings (SSSR count). The molecule has 0 atom stereocenters. The van der Waals surface area contributed by atoms with Crippen LogP contribution in [0.3, 0.4) is 0 Å². The predicted octanol–water partition coefficient (Wildman–Crippen LogP) is 3.89. The Bertz CT molecular complexity index is 383. The van der Waals surface area contributed by atoms with Gasteiger partial charge in [0, 0.05) is 36.8 Å². The highest BCUT2D eigenvalue weighted by atomic mass is 35.5. The van der Waals surface area contributed by atoms with E-state index in [4.69, 9.17) is 21.1 Å². The summed E-state index contributed by atoms with van der Waals surface area (Å²) in [6.07, 6.45) is 0.898. The largest absolute Gasteiger partial charge is 0.493 e. The first-order chi connectivity index (χ1) is 9.63. The standard InChI is InChI=1S/C16H26ClNO2/c1-4-19-8-5-9-20-16-7-6-15(17)10-14(16)12-18-11-13(2)3/h6-7,10,13,18H,4-5,8-9,11-12H2,1-3H3. The Morgan fingerprint density at radius 1 is 1.25 bits per heavy atom. The van der Waals surface area contributed by atoms with Crippen LogP contribution >= 0.6 is 11.6 Å². The zero-order valence-electron chi connectivity index (χ0n) is 12.7. The lowest BCUT2D eigenvalue weighted by atomic mass is 10.2. The Morgan fingerprint density at radius 3 is 2.75 bits per heavy atom. The highest BCUT2D eigenvalue weighted by Crippen LogP contribution is 2.23. The first-order valence-electron chi connectivity index (χ1n) is 7.33. The van der Waals surface area contributed by atoms with Crippen molar-refractivity contribution in [2.24, 2.45) is 5.92 Å². The van der Waals surface area contributed by atoms with Gasteiger partial charge in [-0.15, -0.1) is 0 Å². The molecule has 3 nitrogen and oxygen atoms in total. The molecule has 0 spiro atoms. The summed E-state index contributed by atoms with van der Waals surface area (Å²) in [5.41, 5.74) is 1.11. The number of benzene rings is 1. The Morgan fingerprint density at radius 2 is 2.05 bits per heavy atom. The molecule has 114 valence electrons. The lowest BCUT2D eigenvalue weighted by Gasteiger charge is -2.13. The predicted molar refractivity (Wildman–Crippen MR) is 84.6 cm³/mol. The molecule has 0 bridgehead atoms. The van der Waals surface area contributed by atoms with Crippen molar-refractivity contribution in [1.29, 1.82) is 0 Å². The maximum Gasteiger partial charge on any atom is 0.123 e. The van der Waals surface area contributed by atoms with Gasteiger partial charge in [0.1, 0.15) is 5.75 Å². The fourth-order valence-corrected chi connectivity index (χ4v) is 2.00. The molecule has 4 heteroatoms. The molecule has 0 radical (unpaired) electrons. The van der Waals surface area contributed by atoms with Gasteiger partial charge in [0.2, 0.25) is 0 Å². The van der Waals surface area contributed by atoms with Crippen molar-refractivity contribution in [3.63, 3.8) is 0 Å². The van der Waals surface area contributed by atoms with E-state index in [9.17, 15) is 0 Å². The van der Waals surface area contributed by atoms with Gasteiger partial charge in [-0.25, -0.2) is 0 Å². The summed E-state index contributed by atoms with van der Waals surface area (Å²) in [7, 11) is 0. The number of halogens is 1. The zero-order chi connectivity index (χ0) is 14.8. The van der Waals surface area contributed by atoms with Crippen molar-refractivity contribution in [2.45, 2.75) is 33.7 Å². The Labute approximate surface area is 127 Å². The minimum atomic E-state index is 0.629. The van der Waals surface area contributed by atoms with Crippen LogP contribution in [0.5, 0.6) is 5.75 Å². The van der Waals surface area contributed by atoms with Crippen molar-refractivity contribution in [3.05, 3.63) is 28.8 Å². The fraction of sp³-hybridized carbons (Fsp3) is 0.625. The third-order valence-electron chi connectivity index (χ3n) is 2.79. The first kappa shape index (κ1) is 17.3. The highest BCUT2D eigenvalue weighted by Gasteiger charge is 2.05. The molecule has 0 aromatic heterocycles. The molecule has 0 heterocycles. The molecule has 0 amide bonds. The molecule has 1 N–H and O–H groups in total. The third-order valence-corrected chi connectivity index (χ3v) is 3.02. The van der Waals surface area contributed by atoms with Crippen LogP contribution in [-0.4, -0.2) is 26.4 Å². The van der Waals surface area contributed by atoms with Gasteiger partial charge in [0.25, 0.3) is 0 Å². The minimum absolute atomic E-state index is 0.629. The molecule has 0 fully saturated rings. The van der Waals surface area contributed by atoms with Crippen molar-refractivity contribution in [2.75, 3.05) is 26.4 Å². The third kappa shape index (κ3) is 7.13. The van der Waals surface area contributed by atoms with E-state index >= 15 is 0 Å². The van der Waals surface area contributed by atoms with Crippen LogP contribution in [0, 0.1) is 5.92 Å². The summed E-state index contributed by atoms with van der Waals surface area (Å²) in [4.78, 5) is 0. The molecule has 1 aromatic rings. The minimum Gasteiger partial charge on any atom is -0.493 e. The van der Waals surface area contributed by atoms with Crippen LogP contribution < -0.4 is 10.1 Å². The van der Waals surface area contributed by atoms with Crippen molar-refractivity contribution < 1.29 is 9.47 Å². The molecular weight excluding hydrogens is 274 g/mol. The number of hydrogen-bond acceptors (Lipinski definition) is 3. The molecule has 0 aliphatic heterocycles. The number of nitrogens with one attached hydrogen (secondary N) is 1. The summed E-state index contributed by atoms with van der Waals surface area (Å²) in [6.45, 7) is 10.3. The maximum absolute atomic E-state index is 6.06. The number of rotatable bonds is 10. The molecule has 20 heavy (non-hydrogen) atoms. The summed E-state index contributed by atoms with van der Waals surface area (Å²) in [6, 6.07) is 5.77. The van der Waals surface area contributed by atoms with Gasteiger partial charge >= 0.3 is 0 Å². The zero-order valence-corrected chi connectivity index (χ0v) is 13.5. The van der Waals surface area contributed by atoms with E-state index in [0.717, 1.165) is 49.1 Å². The van der Waals surface area contributed by atoms with Gasteiger partial charge in [-0.05, 0) is 37.6 Å². The van der Waals surface area contributed by atoms with Crippen LogP contribution in [0.2, 0.25) is 5.02 Å². The van der Waals surface area contributed by atoms with Gasteiger partial charge in [0.15, 0.2) is 0 Å². The lowest BCUT2D eigenvalue weighted by Crippen LogP contribution is -2.19. The van der Waals surface area contributed by atoms with Gasteiger partial charge in [-0.3, -0.25) is 0 Å². The quantitative estimate of drug-likeness (QED) is 0.665. The summed E-state index contributed by atoms with van der Waals surface area (Å²) in [5.74, 6) is 1.53. The van der Waals surface area contributed by atoms with E-state index < -0.39 is 0 Å². The second-order valence-electron chi connectivity index (χ2n) is 5.18. The van der Waals surface area contributed by atoms with Crippen LogP contribution in [0.15, 0.2) is 18.2 Å². The SMILES string of the molecule is CCOCCCOc1ccc(Cl)cc1CNCC(C)C. The van der Waals surface area contributed by atoms with E-state index in [0.29, 0.717) is 12.5 Å². The average molecular weight is 300 g/mol. The van der Waals surface area contributed by atoms with Crippen molar-refractivity contribution >= 4 is 11.6 Å². The average Bonchev–Trinajstić information content (AvgIpc) is 2.40. The molecule has 0 aliphatic rings. The monoisotopic (exact) mass is 299 g/mol. The first-order valence-corrected chi connectivity index (χ1v) is 7.71. The van der Waals surface area contributed by atoms with E-state index in [1.54, 1.807) is 0 Å². The van der Waals surface area contributed by atoms with Gasteiger partial charge in [-0.2, -0.15) is 0 Å². The van der Waals surface area contributed by atoms with Crippen LogP contribution in [0.4, 0.5) is 0 Å². The Balaban J connectivity index is 2.47. The van der Waals surface area contributed by atoms with Gasteiger partial charge in [0.05, 0.1) is 6.61 Å². The fourth-order valence-electron chi connectivity index (χ4n) is 1.81. The summed E-state index contributed by atoms with van der Waals surface area (Å²) >= 11 is 6.06. The maximum atomic E-state index is 6.06. The van der Waals surface area contributed by atoms with Crippen molar-refractivity contribution in [1.82, 2.24) is 5.32 Å². The summed E-state index contributed by atoms with van der Waals surface area (Å²) in [5, 5.41) is 4.16.